The Labute approximate surface area is 149 Å². The maximum atomic E-state index is 12.2. The van der Waals surface area contributed by atoms with Crippen LogP contribution in [0.3, 0.4) is 0 Å². The van der Waals surface area contributed by atoms with Crippen LogP contribution in [0, 0.1) is 6.92 Å². The Balaban J connectivity index is 1.91. The molecule has 0 saturated carbocycles. The summed E-state index contributed by atoms with van der Waals surface area (Å²) in [4.78, 5) is 24.4. The third kappa shape index (κ3) is 5.45. The topological polar surface area (TPSA) is 55.4 Å². The number of anilines is 1. The van der Waals surface area contributed by atoms with E-state index in [1.54, 1.807) is 7.11 Å². The van der Waals surface area contributed by atoms with Crippen LogP contribution in [0.15, 0.2) is 42.5 Å². The summed E-state index contributed by atoms with van der Waals surface area (Å²) in [5.41, 5.74) is 3.53. The number of rotatable bonds is 8. The molecule has 0 aliphatic carbocycles. The highest BCUT2D eigenvalue weighted by molar-refractivity contribution is 6.00. The molecule has 0 fully saturated rings. The Bertz CT molecular complexity index is 735. The van der Waals surface area contributed by atoms with E-state index >= 15 is 0 Å². The van der Waals surface area contributed by atoms with E-state index in [1.807, 2.05) is 49.4 Å². The Hall–Kier alpha value is -2.62. The second kappa shape index (κ2) is 9.02. The van der Waals surface area contributed by atoms with Gasteiger partial charge in [-0.15, -0.1) is 0 Å². The highest BCUT2D eigenvalue weighted by atomic mass is 16.5. The lowest BCUT2D eigenvalue weighted by atomic mass is 10.0. The van der Waals surface area contributed by atoms with Crippen molar-refractivity contribution in [1.29, 1.82) is 0 Å². The van der Waals surface area contributed by atoms with Crippen LogP contribution in [0.5, 0.6) is 5.75 Å². The van der Waals surface area contributed by atoms with Crippen molar-refractivity contribution in [3.63, 3.8) is 0 Å². The molecule has 0 heterocycles. The quantitative estimate of drug-likeness (QED) is 0.717. The van der Waals surface area contributed by atoms with Gasteiger partial charge >= 0.3 is 0 Å². The van der Waals surface area contributed by atoms with Crippen LogP contribution in [0.1, 0.15) is 47.7 Å². The number of carbonyl (C=O) groups excluding carboxylic acids is 2. The number of nitrogens with one attached hydrogen (secondary N) is 1. The lowest BCUT2D eigenvalue weighted by molar-refractivity contribution is -0.116. The molecule has 0 aromatic heterocycles. The third-order valence-corrected chi connectivity index (χ3v) is 4.02. The van der Waals surface area contributed by atoms with Crippen LogP contribution in [0.25, 0.3) is 0 Å². The number of methoxy groups -OCH3 is 1. The minimum atomic E-state index is -0.195. The fourth-order valence-corrected chi connectivity index (χ4v) is 2.65. The molecular formula is C21H25NO3. The number of amides is 1. The first kappa shape index (κ1) is 18.7. The van der Waals surface area contributed by atoms with Gasteiger partial charge in [0.05, 0.1) is 12.8 Å². The van der Waals surface area contributed by atoms with E-state index in [0.29, 0.717) is 17.0 Å². The summed E-state index contributed by atoms with van der Waals surface area (Å²) in [6.07, 6.45) is 2.42. The van der Waals surface area contributed by atoms with E-state index < -0.39 is 0 Å². The number of ketones is 1. The van der Waals surface area contributed by atoms with Gasteiger partial charge in [0.2, 0.25) is 5.91 Å². The van der Waals surface area contributed by atoms with Gasteiger partial charge in [-0.05, 0) is 36.6 Å². The van der Waals surface area contributed by atoms with Crippen LogP contribution >= 0.6 is 0 Å². The second-order valence-electron chi connectivity index (χ2n) is 6.12. The first-order chi connectivity index (χ1) is 12.0. The zero-order chi connectivity index (χ0) is 18.2. The molecular weight excluding hydrogens is 314 g/mol. The number of ether oxygens (including phenoxy) is 1. The summed E-state index contributed by atoms with van der Waals surface area (Å²) >= 11 is 0. The molecule has 4 heteroatoms. The van der Waals surface area contributed by atoms with Crippen molar-refractivity contribution >= 4 is 17.4 Å². The van der Waals surface area contributed by atoms with Crippen molar-refractivity contribution in [3.05, 3.63) is 59.2 Å². The minimum absolute atomic E-state index is 0.0191. The molecule has 0 saturated heterocycles. The van der Waals surface area contributed by atoms with Gasteiger partial charge in [-0.3, -0.25) is 9.59 Å². The second-order valence-corrected chi connectivity index (χ2v) is 6.12. The summed E-state index contributed by atoms with van der Waals surface area (Å²) < 4.78 is 5.25. The Morgan fingerprint density at radius 1 is 1.04 bits per heavy atom. The highest BCUT2D eigenvalue weighted by Crippen LogP contribution is 2.25. The van der Waals surface area contributed by atoms with Crippen LogP contribution < -0.4 is 10.1 Å². The molecule has 0 atom stereocenters. The molecule has 2 aromatic rings. The molecule has 4 nitrogen and oxygen atoms in total. The first-order valence-electron chi connectivity index (χ1n) is 8.60. The minimum Gasteiger partial charge on any atom is -0.495 e. The lowest BCUT2D eigenvalue weighted by Gasteiger charge is -2.11. The molecule has 0 spiro atoms. The predicted octanol–water partition coefficient (Wildman–Crippen LogP) is 4.56. The average Bonchev–Trinajstić information content (AvgIpc) is 2.61. The molecule has 0 unspecified atom stereocenters. The van der Waals surface area contributed by atoms with Gasteiger partial charge in [0.15, 0.2) is 5.78 Å². The van der Waals surface area contributed by atoms with Gasteiger partial charge in [-0.1, -0.05) is 43.7 Å². The summed E-state index contributed by atoms with van der Waals surface area (Å²) in [6.45, 7) is 4.07. The summed E-state index contributed by atoms with van der Waals surface area (Å²) in [7, 11) is 1.56. The van der Waals surface area contributed by atoms with Crippen LogP contribution in [-0.2, 0) is 11.2 Å². The van der Waals surface area contributed by atoms with Crippen molar-refractivity contribution in [1.82, 2.24) is 0 Å². The largest absolute Gasteiger partial charge is 0.495 e. The lowest BCUT2D eigenvalue weighted by Crippen LogP contribution is -2.14. The molecule has 132 valence electrons. The van der Waals surface area contributed by atoms with E-state index in [-0.39, 0.29) is 24.5 Å². The van der Waals surface area contributed by atoms with Gasteiger partial charge in [0, 0.05) is 18.4 Å². The van der Waals surface area contributed by atoms with E-state index in [0.717, 1.165) is 18.4 Å². The van der Waals surface area contributed by atoms with Crippen LogP contribution in [0.4, 0.5) is 5.69 Å². The SMILES string of the molecule is CCCc1ccc(C(=O)CCC(=O)Nc2cc(C)ccc2OC)cc1. The van der Waals surface area contributed by atoms with Crippen molar-refractivity contribution in [3.8, 4) is 5.75 Å². The number of benzene rings is 2. The fourth-order valence-electron chi connectivity index (χ4n) is 2.65. The van der Waals surface area contributed by atoms with Crippen molar-refractivity contribution in [2.45, 2.75) is 39.5 Å². The summed E-state index contributed by atoms with van der Waals surface area (Å²) in [5, 5.41) is 2.82. The average molecular weight is 339 g/mol. The standard InChI is InChI=1S/C21H25NO3/c1-4-5-16-7-9-17(10-8-16)19(23)11-13-21(24)22-18-14-15(2)6-12-20(18)25-3/h6-10,12,14H,4-5,11,13H2,1-3H3,(H,22,24). The molecule has 2 rings (SSSR count). The summed E-state index contributed by atoms with van der Waals surface area (Å²) in [5.74, 6) is 0.394. The van der Waals surface area contributed by atoms with E-state index in [1.165, 1.54) is 5.56 Å². The van der Waals surface area contributed by atoms with E-state index in [9.17, 15) is 9.59 Å². The Morgan fingerprint density at radius 3 is 2.40 bits per heavy atom. The number of Topliss-reactive ketones (excluding diaryl/α,β-unsaturated/α-hetero) is 1. The monoisotopic (exact) mass is 339 g/mol. The van der Waals surface area contributed by atoms with Crippen molar-refractivity contribution in [2.24, 2.45) is 0 Å². The fraction of sp³-hybridized carbons (Fsp3) is 0.333. The number of hydrogen-bond donors (Lipinski definition) is 1. The van der Waals surface area contributed by atoms with Crippen molar-refractivity contribution in [2.75, 3.05) is 12.4 Å². The molecule has 0 aliphatic heterocycles. The smallest absolute Gasteiger partial charge is 0.224 e. The van der Waals surface area contributed by atoms with Crippen molar-refractivity contribution < 1.29 is 14.3 Å². The molecule has 1 amide bonds. The third-order valence-electron chi connectivity index (χ3n) is 4.02. The molecule has 0 bridgehead atoms. The molecule has 2 aromatic carbocycles. The van der Waals surface area contributed by atoms with Gasteiger partial charge in [0.25, 0.3) is 0 Å². The maximum absolute atomic E-state index is 12.2. The molecule has 1 N–H and O–H groups in total. The normalized spacial score (nSPS) is 10.4. The van der Waals surface area contributed by atoms with Crippen LogP contribution in [0.2, 0.25) is 0 Å². The van der Waals surface area contributed by atoms with Gasteiger partial charge < -0.3 is 10.1 Å². The molecule has 0 radical (unpaired) electrons. The zero-order valence-corrected chi connectivity index (χ0v) is 15.1. The van der Waals surface area contributed by atoms with Gasteiger partial charge in [-0.25, -0.2) is 0 Å². The van der Waals surface area contributed by atoms with Crippen LogP contribution in [-0.4, -0.2) is 18.8 Å². The highest BCUT2D eigenvalue weighted by Gasteiger charge is 2.12. The Kier molecular flexibility index (Phi) is 6.75. The summed E-state index contributed by atoms with van der Waals surface area (Å²) in [6, 6.07) is 13.2. The first-order valence-corrected chi connectivity index (χ1v) is 8.60. The molecule has 0 aliphatic rings. The predicted molar refractivity (Wildman–Crippen MR) is 100 cm³/mol. The number of aryl methyl sites for hydroxylation is 2. The molecule has 25 heavy (non-hydrogen) atoms. The van der Waals surface area contributed by atoms with E-state index in [4.69, 9.17) is 4.74 Å². The maximum Gasteiger partial charge on any atom is 0.224 e. The van der Waals surface area contributed by atoms with E-state index in [2.05, 4.69) is 12.2 Å². The van der Waals surface area contributed by atoms with Gasteiger partial charge in [-0.2, -0.15) is 0 Å². The zero-order valence-electron chi connectivity index (χ0n) is 15.1. The number of hydrogen-bond acceptors (Lipinski definition) is 3. The number of carbonyl (C=O) groups is 2. The van der Waals surface area contributed by atoms with Gasteiger partial charge in [0.1, 0.15) is 5.75 Å². The Morgan fingerprint density at radius 2 is 1.76 bits per heavy atom.